The number of halogens is 1. The molecule has 0 saturated heterocycles. The fourth-order valence-corrected chi connectivity index (χ4v) is 1.80. The van der Waals surface area contributed by atoms with Crippen LogP contribution in [0.3, 0.4) is 0 Å². The van der Waals surface area contributed by atoms with E-state index >= 15 is 0 Å². The van der Waals surface area contributed by atoms with Crippen molar-refractivity contribution < 1.29 is 14.3 Å². The first-order valence-corrected chi connectivity index (χ1v) is 6.93. The van der Waals surface area contributed by atoms with Crippen LogP contribution in [0.5, 0.6) is 0 Å². The molecule has 0 aliphatic rings. The zero-order valence-corrected chi connectivity index (χ0v) is 13.3. The predicted octanol–water partition coefficient (Wildman–Crippen LogP) is 2.37. The molecule has 116 valence electrons. The molecule has 0 saturated carbocycles. The molecule has 0 atom stereocenters. The van der Waals surface area contributed by atoms with Crippen molar-refractivity contribution in [3.05, 3.63) is 27.0 Å². The van der Waals surface area contributed by atoms with Gasteiger partial charge in [0.1, 0.15) is 22.9 Å². The number of nitrogens with one attached hydrogen (secondary N) is 2. The smallest absolute Gasteiger partial charge is 0.314 e. The van der Waals surface area contributed by atoms with Crippen molar-refractivity contribution >= 4 is 29.2 Å². The number of H-pyrrole nitrogens is 1. The number of aromatic nitrogens is 1. The zero-order chi connectivity index (χ0) is 16.2. The van der Waals surface area contributed by atoms with Crippen molar-refractivity contribution in [2.24, 2.45) is 0 Å². The second-order valence-electron chi connectivity index (χ2n) is 5.45. The van der Waals surface area contributed by atoms with Gasteiger partial charge in [-0.05, 0) is 33.8 Å². The molecule has 1 aromatic rings. The minimum atomic E-state index is -0.662. The third-order valence-corrected chi connectivity index (χ3v) is 2.66. The maximum Gasteiger partial charge on any atom is 0.314 e. The van der Waals surface area contributed by atoms with Gasteiger partial charge in [-0.1, -0.05) is 11.6 Å². The van der Waals surface area contributed by atoms with Crippen molar-refractivity contribution in [3.63, 3.8) is 0 Å². The summed E-state index contributed by atoms with van der Waals surface area (Å²) in [6.45, 7) is 7.47. The van der Waals surface area contributed by atoms with E-state index in [1.807, 2.05) is 6.92 Å². The summed E-state index contributed by atoms with van der Waals surface area (Å²) in [5, 5.41) is 2.75. The van der Waals surface area contributed by atoms with Gasteiger partial charge in [-0.25, -0.2) is 0 Å². The number of carbonyl (C=O) groups excluding carboxylic acids is 2. The molecule has 1 rings (SSSR count). The molecule has 0 aliphatic carbocycles. The van der Waals surface area contributed by atoms with Gasteiger partial charge in [0.15, 0.2) is 5.78 Å². The van der Waals surface area contributed by atoms with Gasteiger partial charge in [-0.2, -0.15) is 0 Å². The lowest BCUT2D eigenvalue weighted by Gasteiger charge is -2.19. The Hall–Kier alpha value is -1.82. The van der Waals surface area contributed by atoms with Crippen molar-refractivity contribution in [2.75, 3.05) is 11.9 Å². The molecule has 0 spiro atoms. The van der Waals surface area contributed by atoms with Gasteiger partial charge in [0.25, 0.3) is 5.56 Å². The highest BCUT2D eigenvalue weighted by Crippen LogP contribution is 2.17. The molecule has 0 aromatic carbocycles. The summed E-state index contributed by atoms with van der Waals surface area (Å²) in [4.78, 5) is 37.8. The van der Waals surface area contributed by atoms with Gasteiger partial charge in [0, 0.05) is 6.54 Å². The number of pyridine rings is 1. The highest BCUT2D eigenvalue weighted by molar-refractivity contribution is 6.31. The van der Waals surface area contributed by atoms with Gasteiger partial charge >= 0.3 is 5.97 Å². The second-order valence-corrected chi connectivity index (χ2v) is 5.86. The largest absolute Gasteiger partial charge is 0.460 e. The monoisotopic (exact) mass is 314 g/mol. The van der Waals surface area contributed by atoms with Crippen molar-refractivity contribution in [3.8, 4) is 0 Å². The Bertz CT molecular complexity index is 602. The van der Waals surface area contributed by atoms with Crippen molar-refractivity contribution in [2.45, 2.75) is 39.7 Å². The van der Waals surface area contributed by atoms with Crippen LogP contribution in [0, 0.1) is 0 Å². The number of rotatable bonds is 5. The Morgan fingerprint density at radius 3 is 2.52 bits per heavy atom. The number of hydrogen-bond donors (Lipinski definition) is 2. The van der Waals surface area contributed by atoms with E-state index in [9.17, 15) is 14.4 Å². The van der Waals surface area contributed by atoms with E-state index < -0.39 is 29.3 Å². The van der Waals surface area contributed by atoms with E-state index in [0.29, 0.717) is 6.54 Å². The number of ether oxygens (including phenoxy) is 1. The number of ketones is 1. The molecule has 0 fully saturated rings. The molecule has 1 aromatic heterocycles. The van der Waals surface area contributed by atoms with Crippen LogP contribution in [-0.4, -0.2) is 28.9 Å². The Labute approximate surface area is 127 Å². The fourth-order valence-electron chi connectivity index (χ4n) is 1.65. The highest BCUT2D eigenvalue weighted by atomic mass is 35.5. The summed E-state index contributed by atoms with van der Waals surface area (Å²) < 4.78 is 5.10. The molecule has 7 heteroatoms. The summed E-state index contributed by atoms with van der Waals surface area (Å²) in [6, 6.07) is 1.26. The molecule has 0 radical (unpaired) electrons. The molecule has 1 heterocycles. The third kappa shape index (κ3) is 5.23. The van der Waals surface area contributed by atoms with Crippen LogP contribution in [0.25, 0.3) is 0 Å². The van der Waals surface area contributed by atoms with Gasteiger partial charge in [-0.3, -0.25) is 14.4 Å². The Morgan fingerprint density at radius 1 is 1.38 bits per heavy atom. The Kier molecular flexibility index (Phi) is 5.54. The van der Waals surface area contributed by atoms with Crippen molar-refractivity contribution in [1.29, 1.82) is 0 Å². The second kappa shape index (κ2) is 6.76. The van der Waals surface area contributed by atoms with Crippen LogP contribution < -0.4 is 10.9 Å². The number of anilines is 1. The number of carbonyl (C=O) groups is 2. The number of Topliss-reactive ketones (excluding diaryl/α,β-unsaturated/α-hetero) is 1. The van der Waals surface area contributed by atoms with Crippen LogP contribution in [0.4, 0.5) is 5.82 Å². The number of hydrogen-bond acceptors (Lipinski definition) is 5. The standard InChI is InChI=1S/C14H19ClN2O4/c1-5-16-12-8(6-9(15)13(20)17-12)10(18)7-11(19)21-14(2,3)4/h6H,5,7H2,1-4H3,(H2,16,17,20). The minimum Gasteiger partial charge on any atom is -0.460 e. The molecule has 0 amide bonds. The first-order chi connectivity index (χ1) is 9.64. The molecule has 21 heavy (non-hydrogen) atoms. The predicted molar refractivity (Wildman–Crippen MR) is 81.0 cm³/mol. The maximum atomic E-state index is 12.2. The lowest BCUT2D eigenvalue weighted by atomic mass is 10.1. The summed E-state index contributed by atoms with van der Waals surface area (Å²) in [6.07, 6.45) is -0.419. The summed E-state index contributed by atoms with van der Waals surface area (Å²) in [7, 11) is 0. The number of aromatic amines is 1. The first kappa shape index (κ1) is 17.2. The lowest BCUT2D eigenvalue weighted by molar-refractivity contribution is -0.153. The normalized spacial score (nSPS) is 11.1. The molecule has 2 N–H and O–H groups in total. The van der Waals surface area contributed by atoms with Gasteiger partial charge in [0.05, 0.1) is 5.56 Å². The molecule has 0 aliphatic heterocycles. The van der Waals surface area contributed by atoms with Crippen LogP contribution in [0.2, 0.25) is 5.02 Å². The minimum absolute atomic E-state index is 0.107. The SMILES string of the molecule is CCNc1[nH]c(=O)c(Cl)cc1C(=O)CC(=O)OC(C)(C)C. The molecule has 6 nitrogen and oxygen atoms in total. The third-order valence-electron chi connectivity index (χ3n) is 2.37. The lowest BCUT2D eigenvalue weighted by Crippen LogP contribution is -2.26. The van der Waals surface area contributed by atoms with Crippen LogP contribution in [0.15, 0.2) is 10.9 Å². The summed E-state index contributed by atoms with van der Waals surface area (Å²) in [5.41, 5.74) is -1.00. The Balaban J connectivity index is 2.99. The van der Waals surface area contributed by atoms with Crippen molar-refractivity contribution in [1.82, 2.24) is 4.98 Å². The van der Waals surface area contributed by atoms with Gasteiger partial charge in [0.2, 0.25) is 0 Å². The zero-order valence-electron chi connectivity index (χ0n) is 12.5. The highest BCUT2D eigenvalue weighted by Gasteiger charge is 2.22. The van der Waals surface area contributed by atoms with E-state index in [-0.39, 0.29) is 16.4 Å². The van der Waals surface area contributed by atoms with Gasteiger partial charge in [-0.15, -0.1) is 0 Å². The van der Waals surface area contributed by atoms with E-state index in [1.165, 1.54) is 6.07 Å². The maximum absolute atomic E-state index is 12.2. The van der Waals surface area contributed by atoms with Crippen LogP contribution in [-0.2, 0) is 9.53 Å². The van der Waals surface area contributed by atoms with E-state index in [1.54, 1.807) is 20.8 Å². The van der Waals surface area contributed by atoms with E-state index in [4.69, 9.17) is 16.3 Å². The van der Waals surface area contributed by atoms with E-state index in [2.05, 4.69) is 10.3 Å². The topological polar surface area (TPSA) is 88.3 Å². The molecular weight excluding hydrogens is 296 g/mol. The average Bonchev–Trinajstić information content (AvgIpc) is 2.31. The average molecular weight is 315 g/mol. The van der Waals surface area contributed by atoms with Crippen LogP contribution >= 0.6 is 11.6 Å². The molecule has 0 bridgehead atoms. The Morgan fingerprint density at radius 2 is 2.00 bits per heavy atom. The fraction of sp³-hybridized carbons (Fsp3) is 0.500. The summed E-state index contributed by atoms with van der Waals surface area (Å²) in [5.74, 6) is -0.851. The summed E-state index contributed by atoms with van der Waals surface area (Å²) >= 11 is 5.73. The van der Waals surface area contributed by atoms with Gasteiger partial charge < -0.3 is 15.0 Å². The molecule has 0 unspecified atom stereocenters. The van der Waals surface area contributed by atoms with E-state index in [0.717, 1.165) is 0 Å². The first-order valence-electron chi connectivity index (χ1n) is 6.55. The molecular formula is C14H19ClN2O4. The number of esters is 1. The van der Waals surface area contributed by atoms with Crippen LogP contribution in [0.1, 0.15) is 44.5 Å². The quantitative estimate of drug-likeness (QED) is 0.495.